The number of para-hydroxylation sites is 1. The zero-order valence-electron chi connectivity index (χ0n) is 14.8. The molecule has 7 heteroatoms. The lowest BCUT2D eigenvalue weighted by Crippen LogP contribution is -2.28. The molecule has 0 saturated carbocycles. The summed E-state index contributed by atoms with van der Waals surface area (Å²) in [7, 11) is 0. The third-order valence-electron chi connectivity index (χ3n) is 3.98. The summed E-state index contributed by atoms with van der Waals surface area (Å²) in [5.74, 6) is -0.552. The summed E-state index contributed by atoms with van der Waals surface area (Å²) < 4.78 is 11.6. The van der Waals surface area contributed by atoms with E-state index < -0.39 is 5.97 Å². The third kappa shape index (κ3) is 4.10. The summed E-state index contributed by atoms with van der Waals surface area (Å²) >= 11 is 1.48. The SMILES string of the molecule is O=C(COC(=O)c1ccc(-c2nc3ccccc3s2)o1)NCc1ccccc1. The normalized spacial score (nSPS) is 10.7. The van der Waals surface area contributed by atoms with Crippen LogP contribution in [0.4, 0.5) is 0 Å². The molecular weight excluding hydrogens is 376 g/mol. The van der Waals surface area contributed by atoms with Gasteiger partial charge in [0, 0.05) is 6.54 Å². The highest BCUT2D eigenvalue weighted by Crippen LogP contribution is 2.31. The van der Waals surface area contributed by atoms with Gasteiger partial charge in [-0.1, -0.05) is 42.5 Å². The van der Waals surface area contributed by atoms with E-state index in [1.54, 1.807) is 6.07 Å². The predicted molar refractivity (Wildman–Crippen MR) is 106 cm³/mol. The van der Waals surface area contributed by atoms with E-state index in [4.69, 9.17) is 9.15 Å². The fourth-order valence-corrected chi connectivity index (χ4v) is 3.52. The van der Waals surface area contributed by atoms with Crippen molar-refractivity contribution in [1.82, 2.24) is 10.3 Å². The van der Waals surface area contributed by atoms with Crippen molar-refractivity contribution in [2.75, 3.05) is 6.61 Å². The number of nitrogens with zero attached hydrogens (tertiary/aromatic N) is 1. The van der Waals surface area contributed by atoms with Crippen molar-refractivity contribution < 1.29 is 18.7 Å². The van der Waals surface area contributed by atoms with E-state index in [0.717, 1.165) is 15.8 Å². The van der Waals surface area contributed by atoms with Gasteiger partial charge in [0.05, 0.1) is 10.2 Å². The van der Waals surface area contributed by atoms with Gasteiger partial charge in [-0.3, -0.25) is 4.79 Å². The van der Waals surface area contributed by atoms with Gasteiger partial charge in [-0.15, -0.1) is 11.3 Å². The Hall–Kier alpha value is -3.45. The summed E-state index contributed by atoms with van der Waals surface area (Å²) in [5, 5.41) is 3.38. The van der Waals surface area contributed by atoms with Crippen molar-refractivity contribution in [2.24, 2.45) is 0 Å². The number of nitrogens with one attached hydrogen (secondary N) is 1. The van der Waals surface area contributed by atoms with Crippen LogP contribution in [-0.2, 0) is 16.1 Å². The number of amides is 1. The molecule has 0 radical (unpaired) electrons. The molecule has 0 aliphatic rings. The van der Waals surface area contributed by atoms with Gasteiger partial charge in [0.1, 0.15) is 0 Å². The Bertz CT molecular complexity index is 1080. The lowest BCUT2D eigenvalue weighted by molar-refractivity contribution is -0.124. The largest absolute Gasteiger partial charge is 0.450 e. The number of benzene rings is 2. The molecule has 2 aromatic carbocycles. The Morgan fingerprint density at radius 3 is 2.61 bits per heavy atom. The number of furan rings is 1. The Kier molecular flexibility index (Phi) is 5.16. The summed E-state index contributed by atoms with van der Waals surface area (Å²) in [5.41, 5.74) is 1.84. The number of carbonyl (C=O) groups excluding carboxylic acids is 2. The summed E-state index contributed by atoms with van der Waals surface area (Å²) in [6.45, 7) is 0.00255. The lowest BCUT2D eigenvalue weighted by Gasteiger charge is -2.05. The molecular formula is C21H16N2O4S. The maximum atomic E-state index is 12.1. The zero-order valence-corrected chi connectivity index (χ0v) is 15.6. The molecule has 0 aliphatic carbocycles. The highest BCUT2D eigenvalue weighted by atomic mass is 32.1. The van der Waals surface area contributed by atoms with E-state index in [2.05, 4.69) is 10.3 Å². The van der Waals surface area contributed by atoms with E-state index in [0.29, 0.717) is 17.3 Å². The van der Waals surface area contributed by atoms with Gasteiger partial charge >= 0.3 is 5.97 Å². The molecule has 0 saturated heterocycles. The van der Waals surface area contributed by atoms with E-state index in [1.165, 1.54) is 17.4 Å². The molecule has 6 nitrogen and oxygen atoms in total. The smallest absolute Gasteiger partial charge is 0.374 e. The molecule has 0 aliphatic heterocycles. The van der Waals surface area contributed by atoms with E-state index in [9.17, 15) is 9.59 Å². The van der Waals surface area contributed by atoms with Crippen molar-refractivity contribution >= 4 is 33.4 Å². The van der Waals surface area contributed by atoms with Crippen molar-refractivity contribution in [3.8, 4) is 10.8 Å². The molecule has 0 spiro atoms. The van der Waals surface area contributed by atoms with Gasteiger partial charge < -0.3 is 14.5 Å². The Morgan fingerprint density at radius 2 is 1.79 bits per heavy atom. The molecule has 4 aromatic rings. The van der Waals surface area contributed by atoms with E-state index in [1.807, 2.05) is 54.6 Å². The zero-order chi connectivity index (χ0) is 19.3. The highest BCUT2D eigenvalue weighted by molar-refractivity contribution is 7.21. The first-order valence-electron chi connectivity index (χ1n) is 8.62. The Morgan fingerprint density at radius 1 is 1.00 bits per heavy atom. The van der Waals surface area contributed by atoms with Gasteiger partial charge in [-0.2, -0.15) is 0 Å². The first-order chi connectivity index (χ1) is 13.7. The highest BCUT2D eigenvalue weighted by Gasteiger charge is 2.17. The molecule has 140 valence electrons. The number of fused-ring (bicyclic) bond motifs is 1. The van der Waals surface area contributed by atoms with Gasteiger partial charge in [-0.25, -0.2) is 9.78 Å². The first kappa shape index (κ1) is 17.9. The number of hydrogen-bond donors (Lipinski definition) is 1. The monoisotopic (exact) mass is 392 g/mol. The van der Waals surface area contributed by atoms with Crippen molar-refractivity contribution in [2.45, 2.75) is 6.54 Å². The average Bonchev–Trinajstić information content (AvgIpc) is 3.38. The minimum Gasteiger partial charge on any atom is -0.450 e. The number of esters is 1. The molecule has 28 heavy (non-hydrogen) atoms. The lowest BCUT2D eigenvalue weighted by atomic mass is 10.2. The van der Waals surface area contributed by atoms with Crippen LogP contribution in [0, 0.1) is 0 Å². The number of aromatic nitrogens is 1. The number of hydrogen-bond acceptors (Lipinski definition) is 6. The molecule has 0 fully saturated rings. The summed E-state index contributed by atoms with van der Waals surface area (Å²) in [6.07, 6.45) is 0. The molecule has 1 N–H and O–H groups in total. The predicted octanol–water partition coefficient (Wildman–Crippen LogP) is 4.03. The number of ether oxygens (including phenoxy) is 1. The molecule has 0 bridgehead atoms. The number of thiazole rings is 1. The summed E-state index contributed by atoms with van der Waals surface area (Å²) in [4.78, 5) is 28.5. The molecule has 0 atom stereocenters. The van der Waals surface area contributed by atoms with Crippen LogP contribution in [0.2, 0.25) is 0 Å². The first-order valence-corrected chi connectivity index (χ1v) is 9.44. The standard InChI is InChI=1S/C21H16N2O4S/c24-19(22-12-14-6-2-1-3-7-14)13-26-21(25)17-11-10-16(27-17)20-23-15-8-4-5-9-18(15)28-20/h1-11H,12-13H2,(H,22,24). The minimum absolute atomic E-state index is 0.0325. The van der Waals surface area contributed by atoms with Crippen LogP contribution in [0.15, 0.2) is 71.1 Å². The van der Waals surface area contributed by atoms with Crippen molar-refractivity contribution in [3.63, 3.8) is 0 Å². The Balaban J connectivity index is 1.33. The van der Waals surface area contributed by atoms with Gasteiger partial charge in [0.25, 0.3) is 5.91 Å². The fraction of sp³-hybridized carbons (Fsp3) is 0.0952. The third-order valence-corrected chi connectivity index (χ3v) is 5.03. The second-order valence-corrected chi connectivity index (χ2v) is 7.02. The molecule has 1 amide bonds. The van der Waals surface area contributed by atoms with Crippen LogP contribution in [0.5, 0.6) is 0 Å². The minimum atomic E-state index is -0.692. The average molecular weight is 392 g/mol. The maximum Gasteiger partial charge on any atom is 0.374 e. The number of carbonyl (C=O) groups is 2. The number of rotatable bonds is 6. The second kappa shape index (κ2) is 8.06. The van der Waals surface area contributed by atoms with Crippen LogP contribution in [0.3, 0.4) is 0 Å². The van der Waals surface area contributed by atoms with Crippen LogP contribution in [-0.4, -0.2) is 23.5 Å². The van der Waals surface area contributed by atoms with Crippen LogP contribution in [0.1, 0.15) is 16.1 Å². The second-order valence-electron chi connectivity index (χ2n) is 5.99. The Labute approximate surface area is 164 Å². The topological polar surface area (TPSA) is 81.4 Å². The van der Waals surface area contributed by atoms with Crippen LogP contribution in [0.25, 0.3) is 21.0 Å². The quantitative estimate of drug-likeness (QED) is 0.501. The maximum absolute atomic E-state index is 12.1. The van der Waals surface area contributed by atoms with Crippen LogP contribution >= 0.6 is 11.3 Å². The van der Waals surface area contributed by atoms with Crippen molar-refractivity contribution in [1.29, 1.82) is 0 Å². The van der Waals surface area contributed by atoms with Gasteiger partial charge in [0.2, 0.25) is 5.76 Å². The molecule has 0 unspecified atom stereocenters. The van der Waals surface area contributed by atoms with E-state index in [-0.39, 0.29) is 18.3 Å². The molecule has 2 aromatic heterocycles. The molecule has 2 heterocycles. The fourth-order valence-electron chi connectivity index (χ4n) is 2.59. The van der Waals surface area contributed by atoms with E-state index >= 15 is 0 Å². The van der Waals surface area contributed by atoms with Gasteiger partial charge in [0.15, 0.2) is 17.4 Å². The molecule has 4 rings (SSSR count). The van der Waals surface area contributed by atoms with Crippen LogP contribution < -0.4 is 5.32 Å². The van der Waals surface area contributed by atoms with Crippen molar-refractivity contribution in [3.05, 3.63) is 78.1 Å². The van der Waals surface area contributed by atoms with Gasteiger partial charge in [-0.05, 0) is 29.8 Å². The summed E-state index contributed by atoms with van der Waals surface area (Å²) in [6, 6.07) is 20.4.